The van der Waals surface area contributed by atoms with Gasteiger partial charge in [0.1, 0.15) is 23.9 Å². The maximum Gasteiger partial charge on any atom is 0.246 e. The van der Waals surface area contributed by atoms with Gasteiger partial charge in [0.15, 0.2) is 0 Å². The molecule has 0 saturated heterocycles. The highest BCUT2D eigenvalue weighted by Crippen LogP contribution is 2.20. The molecule has 0 radical (unpaired) electrons. The molecule has 6 nitrogen and oxygen atoms in total. The van der Waals surface area contributed by atoms with Gasteiger partial charge in [-0.15, -0.1) is 0 Å². The lowest BCUT2D eigenvalue weighted by atomic mass is 9.97. The predicted molar refractivity (Wildman–Crippen MR) is 102 cm³/mol. The fourth-order valence-electron chi connectivity index (χ4n) is 2.88. The Kier molecular flexibility index (Phi) is 6.80. The van der Waals surface area contributed by atoms with Gasteiger partial charge in [-0.25, -0.2) is 0 Å². The molecule has 2 aliphatic heterocycles. The molecule has 26 heavy (non-hydrogen) atoms. The molecule has 0 saturated carbocycles. The van der Waals surface area contributed by atoms with E-state index in [1.165, 1.54) is 0 Å². The van der Waals surface area contributed by atoms with Crippen molar-refractivity contribution in [3.05, 3.63) is 36.0 Å². The summed E-state index contributed by atoms with van der Waals surface area (Å²) in [7, 11) is 0. The number of benzene rings is 1. The van der Waals surface area contributed by atoms with Crippen LogP contribution in [0, 0.1) is 11.8 Å². The van der Waals surface area contributed by atoms with Gasteiger partial charge >= 0.3 is 0 Å². The minimum Gasteiger partial charge on any atom is -0.488 e. The van der Waals surface area contributed by atoms with Crippen molar-refractivity contribution in [3.8, 4) is 5.75 Å². The summed E-state index contributed by atoms with van der Waals surface area (Å²) in [5.41, 5.74) is 7.13. The lowest BCUT2D eigenvalue weighted by Crippen LogP contribution is -2.57. The van der Waals surface area contributed by atoms with Crippen molar-refractivity contribution in [1.82, 2.24) is 10.6 Å². The fraction of sp³-hybridized carbons (Fsp3) is 0.500. The highest BCUT2D eigenvalue weighted by Gasteiger charge is 2.32. The SMILES string of the molecule is CC(C)C[C@@H]1NC(=O)[C@@H](N)[C@H](C(C)C)Oc2ccc(cc2)/C=C\NC1=O. The summed E-state index contributed by atoms with van der Waals surface area (Å²) in [4.78, 5) is 25.2. The number of carbonyl (C=O) groups excluding carboxylic acids is 2. The molecule has 3 atom stereocenters. The average molecular weight is 359 g/mol. The van der Waals surface area contributed by atoms with Crippen LogP contribution in [0.1, 0.15) is 39.7 Å². The van der Waals surface area contributed by atoms with E-state index in [0.717, 1.165) is 5.56 Å². The Morgan fingerprint density at radius 3 is 2.31 bits per heavy atom. The Labute approximate surface area is 155 Å². The molecule has 0 unspecified atom stereocenters. The van der Waals surface area contributed by atoms with E-state index in [-0.39, 0.29) is 23.7 Å². The molecule has 1 aromatic carbocycles. The molecule has 2 amide bonds. The summed E-state index contributed by atoms with van der Waals surface area (Å²) < 4.78 is 5.99. The molecule has 0 spiro atoms. The summed E-state index contributed by atoms with van der Waals surface area (Å²) in [5, 5.41) is 5.53. The largest absolute Gasteiger partial charge is 0.488 e. The Morgan fingerprint density at radius 2 is 1.73 bits per heavy atom. The second-order valence-corrected chi connectivity index (χ2v) is 7.45. The first-order valence-electron chi connectivity index (χ1n) is 9.07. The third-order valence-electron chi connectivity index (χ3n) is 4.31. The smallest absolute Gasteiger partial charge is 0.246 e. The predicted octanol–water partition coefficient (Wildman–Crippen LogP) is 2.05. The van der Waals surface area contributed by atoms with Crippen LogP contribution in [-0.2, 0) is 9.59 Å². The third-order valence-corrected chi connectivity index (χ3v) is 4.31. The number of fused-ring (bicyclic) bond motifs is 10. The van der Waals surface area contributed by atoms with Crippen LogP contribution < -0.4 is 21.1 Å². The van der Waals surface area contributed by atoms with Crippen molar-refractivity contribution in [1.29, 1.82) is 0 Å². The first kappa shape index (κ1) is 20.0. The topological polar surface area (TPSA) is 93.5 Å². The number of nitrogens with one attached hydrogen (secondary N) is 2. The molecule has 0 fully saturated rings. The first-order chi connectivity index (χ1) is 12.3. The quantitative estimate of drug-likeness (QED) is 0.770. The molecule has 2 bridgehead atoms. The number of hydrogen-bond acceptors (Lipinski definition) is 4. The van der Waals surface area contributed by atoms with Gasteiger partial charge in [-0.2, -0.15) is 0 Å². The Morgan fingerprint density at radius 1 is 1.08 bits per heavy atom. The average Bonchev–Trinajstić information content (AvgIpc) is 2.58. The first-order valence-corrected chi connectivity index (χ1v) is 9.07. The highest BCUT2D eigenvalue weighted by molar-refractivity contribution is 5.90. The second kappa shape index (κ2) is 8.85. The number of amides is 2. The third kappa shape index (κ3) is 5.33. The summed E-state index contributed by atoms with van der Waals surface area (Å²) in [6.07, 6.45) is 3.41. The Hall–Kier alpha value is -2.34. The van der Waals surface area contributed by atoms with Gasteiger partial charge in [-0.1, -0.05) is 39.8 Å². The zero-order valence-electron chi connectivity index (χ0n) is 15.9. The van der Waals surface area contributed by atoms with Crippen molar-refractivity contribution in [3.63, 3.8) is 0 Å². The normalized spacial score (nSPS) is 25.4. The number of rotatable bonds is 3. The number of carbonyl (C=O) groups is 2. The molecule has 4 N–H and O–H groups in total. The maximum absolute atomic E-state index is 12.7. The van der Waals surface area contributed by atoms with Crippen molar-refractivity contribution in [2.45, 2.75) is 52.3 Å². The van der Waals surface area contributed by atoms with Crippen molar-refractivity contribution in [2.75, 3.05) is 0 Å². The van der Waals surface area contributed by atoms with Crippen molar-refractivity contribution < 1.29 is 14.3 Å². The Balaban J connectivity index is 2.35. The lowest BCUT2D eigenvalue weighted by Gasteiger charge is -2.29. The lowest BCUT2D eigenvalue weighted by molar-refractivity contribution is -0.131. The van der Waals surface area contributed by atoms with E-state index in [9.17, 15) is 9.59 Å². The molecule has 0 aliphatic carbocycles. The molecule has 2 aliphatic rings. The van der Waals surface area contributed by atoms with Crippen LogP contribution in [0.4, 0.5) is 0 Å². The molecular weight excluding hydrogens is 330 g/mol. The van der Waals surface area contributed by atoms with E-state index in [1.807, 2.05) is 52.0 Å². The van der Waals surface area contributed by atoms with Gasteiger partial charge in [0.2, 0.25) is 11.8 Å². The summed E-state index contributed by atoms with van der Waals surface area (Å²) >= 11 is 0. The van der Waals surface area contributed by atoms with Crippen LogP contribution in [0.5, 0.6) is 5.75 Å². The molecule has 1 aromatic rings. The summed E-state index contributed by atoms with van der Waals surface area (Å²) in [6.45, 7) is 7.91. The maximum atomic E-state index is 12.7. The van der Waals surface area contributed by atoms with Crippen LogP contribution in [-0.4, -0.2) is 30.0 Å². The molecule has 2 heterocycles. The van der Waals surface area contributed by atoms with Gasteiger partial charge < -0.3 is 21.1 Å². The van der Waals surface area contributed by atoms with Crippen molar-refractivity contribution in [2.24, 2.45) is 17.6 Å². The van der Waals surface area contributed by atoms with E-state index < -0.39 is 18.2 Å². The van der Waals surface area contributed by atoms with Crippen LogP contribution in [0.25, 0.3) is 6.08 Å². The minimum absolute atomic E-state index is 0.0283. The number of hydrogen-bond donors (Lipinski definition) is 3. The highest BCUT2D eigenvalue weighted by atomic mass is 16.5. The van der Waals surface area contributed by atoms with Crippen LogP contribution in [0.15, 0.2) is 30.5 Å². The number of nitrogens with two attached hydrogens (primary N) is 1. The van der Waals surface area contributed by atoms with E-state index in [0.29, 0.717) is 12.2 Å². The van der Waals surface area contributed by atoms with Crippen LogP contribution in [0.2, 0.25) is 0 Å². The monoisotopic (exact) mass is 359 g/mol. The fourth-order valence-corrected chi connectivity index (χ4v) is 2.88. The van der Waals surface area contributed by atoms with E-state index in [4.69, 9.17) is 10.5 Å². The van der Waals surface area contributed by atoms with Gasteiger partial charge in [0, 0.05) is 6.20 Å². The molecule has 0 aromatic heterocycles. The molecule has 142 valence electrons. The van der Waals surface area contributed by atoms with Gasteiger partial charge in [0.25, 0.3) is 0 Å². The van der Waals surface area contributed by atoms with Crippen LogP contribution in [0.3, 0.4) is 0 Å². The zero-order chi connectivity index (χ0) is 19.3. The minimum atomic E-state index is -0.879. The van der Waals surface area contributed by atoms with E-state index in [2.05, 4.69) is 10.6 Å². The Bertz CT molecular complexity index is 653. The van der Waals surface area contributed by atoms with E-state index >= 15 is 0 Å². The summed E-state index contributed by atoms with van der Waals surface area (Å²) in [5.74, 6) is 0.284. The number of ether oxygens (including phenoxy) is 1. The van der Waals surface area contributed by atoms with Gasteiger partial charge in [-0.3, -0.25) is 9.59 Å². The standard InChI is InChI=1S/C20H29N3O3/c1-12(2)11-16-19(24)22-10-9-14-5-7-15(8-6-14)26-18(13(3)4)17(21)20(25)23-16/h5-10,12-13,16-18H,11,21H2,1-4H3,(H,22,24)(H,23,25)/b10-9-/t16-,17-,18-/m0/s1. The molecular formula is C20H29N3O3. The van der Waals surface area contributed by atoms with E-state index in [1.54, 1.807) is 12.3 Å². The molecule has 3 rings (SSSR count). The van der Waals surface area contributed by atoms with Gasteiger partial charge in [-0.05, 0) is 42.0 Å². The summed E-state index contributed by atoms with van der Waals surface area (Å²) in [6, 6.07) is 5.91. The van der Waals surface area contributed by atoms with Crippen molar-refractivity contribution >= 4 is 17.9 Å². The molecule has 6 heteroatoms. The zero-order valence-corrected chi connectivity index (χ0v) is 15.9. The van der Waals surface area contributed by atoms with Crippen LogP contribution >= 0.6 is 0 Å². The second-order valence-electron chi connectivity index (χ2n) is 7.45. The van der Waals surface area contributed by atoms with Gasteiger partial charge in [0.05, 0.1) is 0 Å².